The van der Waals surface area contributed by atoms with Crippen molar-refractivity contribution in [1.82, 2.24) is 4.90 Å². The maximum Gasteiger partial charge on any atom is 0.172 e. The van der Waals surface area contributed by atoms with Gasteiger partial charge in [-0.3, -0.25) is 4.90 Å². The van der Waals surface area contributed by atoms with E-state index in [1.807, 2.05) is 24.3 Å². The zero-order chi connectivity index (χ0) is 13.9. The summed E-state index contributed by atoms with van der Waals surface area (Å²) in [4.78, 5) is 4.89. The molecule has 0 radical (unpaired) electrons. The summed E-state index contributed by atoms with van der Waals surface area (Å²) < 4.78 is 0. The fraction of sp³-hybridized carbons (Fsp3) is 0.533. The van der Waals surface area contributed by atoms with Crippen LogP contribution in [0.4, 0.5) is 5.69 Å². The third-order valence-corrected chi connectivity index (χ3v) is 4.21. The molecule has 0 atom stereocenters. The summed E-state index contributed by atoms with van der Waals surface area (Å²) >= 11 is 0. The summed E-state index contributed by atoms with van der Waals surface area (Å²) in [6.07, 6.45) is 2.82. The van der Waals surface area contributed by atoms with E-state index < -0.39 is 0 Å². The van der Waals surface area contributed by atoms with Crippen LogP contribution in [0.3, 0.4) is 0 Å². The van der Waals surface area contributed by atoms with Crippen LogP contribution in [0.2, 0.25) is 0 Å². The van der Waals surface area contributed by atoms with Gasteiger partial charge in [0, 0.05) is 44.0 Å². The smallest absolute Gasteiger partial charge is 0.172 e. The molecule has 0 amide bonds. The van der Waals surface area contributed by atoms with E-state index in [2.05, 4.69) is 15.0 Å². The zero-order valence-corrected chi connectivity index (χ0v) is 11.7. The van der Waals surface area contributed by atoms with Crippen molar-refractivity contribution >= 4 is 11.5 Å². The van der Waals surface area contributed by atoms with Crippen molar-refractivity contribution in [2.24, 2.45) is 16.8 Å². The Morgan fingerprint density at radius 2 is 1.90 bits per heavy atom. The molecule has 3 rings (SSSR count). The predicted molar refractivity (Wildman–Crippen MR) is 80.3 cm³/mol. The molecule has 2 aliphatic rings. The van der Waals surface area contributed by atoms with E-state index in [0.29, 0.717) is 0 Å². The summed E-state index contributed by atoms with van der Waals surface area (Å²) in [5.74, 6) is 1.13. The molecule has 1 aromatic rings. The Morgan fingerprint density at radius 3 is 2.55 bits per heavy atom. The number of benzene rings is 1. The van der Waals surface area contributed by atoms with E-state index in [4.69, 9.17) is 10.9 Å². The second-order valence-electron chi connectivity index (χ2n) is 5.73. The predicted octanol–water partition coefficient (Wildman–Crippen LogP) is 1.31. The molecule has 1 saturated carbocycles. The number of nitrogens with zero attached hydrogens (tertiary/aromatic N) is 3. The van der Waals surface area contributed by atoms with Gasteiger partial charge in [0.25, 0.3) is 0 Å². The first-order valence-corrected chi connectivity index (χ1v) is 7.32. The third-order valence-electron chi connectivity index (χ3n) is 4.21. The quantitative estimate of drug-likeness (QED) is 0.376. The third kappa shape index (κ3) is 2.88. The van der Waals surface area contributed by atoms with Crippen LogP contribution in [0.15, 0.2) is 29.4 Å². The number of piperazine rings is 1. The highest BCUT2D eigenvalue weighted by molar-refractivity contribution is 6.02. The summed E-state index contributed by atoms with van der Waals surface area (Å²) in [7, 11) is 0. The fourth-order valence-corrected chi connectivity index (χ4v) is 2.86. The molecule has 20 heavy (non-hydrogen) atoms. The minimum absolute atomic E-state index is 0.181. The molecule has 1 aromatic carbocycles. The van der Waals surface area contributed by atoms with Gasteiger partial charge in [0.1, 0.15) is 0 Å². The van der Waals surface area contributed by atoms with Gasteiger partial charge in [-0.05, 0) is 30.9 Å². The number of hydrogen-bond acceptors (Lipinski definition) is 4. The first kappa shape index (κ1) is 13.2. The lowest BCUT2D eigenvalue weighted by molar-refractivity contribution is 0.248. The van der Waals surface area contributed by atoms with Crippen LogP contribution in [-0.2, 0) is 0 Å². The number of amidine groups is 1. The number of oxime groups is 1. The molecule has 1 aliphatic heterocycles. The standard InChI is InChI=1S/C15H22N4O/c16-15(17-20)13-3-1-2-4-14(13)19-9-7-18(8-10-19)11-12-5-6-12/h1-4,12,20H,5-11H2,(H2,16,17). The first-order valence-electron chi connectivity index (χ1n) is 7.32. The lowest BCUT2D eigenvalue weighted by Gasteiger charge is -2.37. The van der Waals surface area contributed by atoms with Gasteiger partial charge in [0.15, 0.2) is 5.84 Å². The molecule has 5 heteroatoms. The molecule has 0 bridgehead atoms. The van der Waals surface area contributed by atoms with Crippen LogP contribution < -0.4 is 10.6 Å². The van der Waals surface area contributed by atoms with Crippen LogP contribution in [0, 0.1) is 5.92 Å². The molecule has 0 unspecified atom stereocenters. The Kier molecular flexibility index (Phi) is 3.78. The van der Waals surface area contributed by atoms with Crippen molar-refractivity contribution < 1.29 is 5.21 Å². The lowest BCUT2D eigenvalue weighted by atomic mass is 10.1. The maximum atomic E-state index is 8.90. The van der Waals surface area contributed by atoms with E-state index >= 15 is 0 Å². The maximum absolute atomic E-state index is 8.90. The van der Waals surface area contributed by atoms with Crippen molar-refractivity contribution in [1.29, 1.82) is 0 Å². The van der Waals surface area contributed by atoms with E-state index in [9.17, 15) is 0 Å². The summed E-state index contributed by atoms with van der Waals surface area (Å²) in [6.45, 7) is 5.46. The van der Waals surface area contributed by atoms with E-state index in [0.717, 1.165) is 43.3 Å². The zero-order valence-electron chi connectivity index (χ0n) is 11.7. The topological polar surface area (TPSA) is 65.1 Å². The van der Waals surface area contributed by atoms with E-state index in [1.165, 1.54) is 19.4 Å². The van der Waals surface area contributed by atoms with Gasteiger partial charge >= 0.3 is 0 Å². The number of hydrogen-bond donors (Lipinski definition) is 2. The molecule has 1 heterocycles. The Balaban J connectivity index is 1.68. The Bertz CT molecular complexity index is 490. The SMILES string of the molecule is NC(=NO)c1ccccc1N1CCN(CC2CC2)CC1. The largest absolute Gasteiger partial charge is 0.409 e. The number of nitrogens with two attached hydrogens (primary N) is 1. The van der Waals surface area contributed by atoms with Crippen LogP contribution in [-0.4, -0.2) is 48.7 Å². The van der Waals surface area contributed by atoms with E-state index in [-0.39, 0.29) is 5.84 Å². The van der Waals surface area contributed by atoms with Gasteiger partial charge in [-0.2, -0.15) is 0 Å². The summed E-state index contributed by atoms with van der Waals surface area (Å²) in [6, 6.07) is 7.87. The highest BCUT2D eigenvalue weighted by Gasteiger charge is 2.27. The van der Waals surface area contributed by atoms with Crippen molar-refractivity contribution in [3.8, 4) is 0 Å². The van der Waals surface area contributed by atoms with Crippen LogP contribution in [0.1, 0.15) is 18.4 Å². The van der Waals surface area contributed by atoms with Gasteiger partial charge in [0.05, 0.1) is 0 Å². The average Bonchev–Trinajstić information content (AvgIpc) is 3.31. The summed E-state index contributed by atoms with van der Waals surface area (Å²) in [5.41, 5.74) is 7.64. The second kappa shape index (κ2) is 5.71. The Morgan fingerprint density at radius 1 is 1.20 bits per heavy atom. The highest BCUT2D eigenvalue weighted by atomic mass is 16.4. The van der Waals surface area contributed by atoms with Crippen molar-refractivity contribution in [2.75, 3.05) is 37.6 Å². The molecule has 3 N–H and O–H groups in total. The molecule has 2 fully saturated rings. The van der Waals surface area contributed by atoms with E-state index in [1.54, 1.807) is 0 Å². The normalized spacial score (nSPS) is 21.2. The molecule has 0 spiro atoms. The molecule has 108 valence electrons. The summed E-state index contributed by atoms with van der Waals surface area (Å²) in [5, 5.41) is 12.0. The molecule has 0 aromatic heterocycles. The van der Waals surface area contributed by atoms with Crippen LogP contribution >= 0.6 is 0 Å². The minimum atomic E-state index is 0.181. The fourth-order valence-electron chi connectivity index (χ4n) is 2.86. The highest BCUT2D eigenvalue weighted by Crippen LogP contribution is 2.30. The van der Waals surface area contributed by atoms with Gasteiger partial charge in [-0.25, -0.2) is 0 Å². The molecular formula is C15H22N4O. The lowest BCUT2D eigenvalue weighted by Crippen LogP contribution is -2.47. The molecular weight excluding hydrogens is 252 g/mol. The van der Waals surface area contributed by atoms with Crippen molar-refractivity contribution in [3.05, 3.63) is 29.8 Å². The number of rotatable bonds is 4. The van der Waals surface area contributed by atoms with Gasteiger partial charge in [0.2, 0.25) is 0 Å². The van der Waals surface area contributed by atoms with Gasteiger partial charge in [-0.1, -0.05) is 17.3 Å². The Hall–Kier alpha value is -1.75. The van der Waals surface area contributed by atoms with Crippen molar-refractivity contribution in [2.45, 2.75) is 12.8 Å². The molecule has 5 nitrogen and oxygen atoms in total. The Labute approximate surface area is 119 Å². The minimum Gasteiger partial charge on any atom is -0.409 e. The monoisotopic (exact) mass is 274 g/mol. The van der Waals surface area contributed by atoms with Gasteiger partial charge < -0.3 is 15.8 Å². The van der Waals surface area contributed by atoms with Crippen LogP contribution in [0.25, 0.3) is 0 Å². The van der Waals surface area contributed by atoms with Crippen molar-refractivity contribution in [3.63, 3.8) is 0 Å². The van der Waals surface area contributed by atoms with Gasteiger partial charge in [-0.15, -0.1) is 0 Å². The molecule has 1 saturated heterocycles. The molecule has 1 aliphatic carbocycles. The second-order valence-corrected chi connectivity index (χ2v) is 5.73. The number of anilines is 1. The number of para-hydroxylation sites is 1. The van der Waals surface area contributed by atoms with Crippen LogP contribution in [0.5, 0.6) is 0 Å². The average molecular weight is 274 g/mol. The first-order chi connectivity index (χ1) is 9.78.